The summed E-state index contributed by atoms with van der Waals surface area (Å²) in [6, 6.07) is 17.5. The number of rotatable bonds is 12. The molecule has 0 saturated carbocycles. The van der Waals surface area contributed by atoms with Crippen molar-refractivity contribution in [1.29, 1.82) is 0 Å². The SMILES string of the molecule is CN(C)CCCC(O)c1ccc(-c2nnc(CSCCOc3ccccc3)o2)cc1. The van der Waals surface area contributed by atoms with Crippen LogP contribution in [-0.4, -0.2) is 53.2 Å². The lowest BCUT2D eigenvalue weighted by atomic mass is 10.0. The second-order valence-corrected chi connectivity index (χ2v) is 8.40. The highest BCUT2D eigenvalue weighted by Gasteiger charge is 2.11. The molecule has 160 valence electrons. The Labute approximate surface area is 182 Å². The highest BCUT2D eigenvalue weighted by molar-refractivity contribution is 7.98. The Morgan fingerprint density at radius 3 is 2.57 bits per heavy atom. The van der Waals surface area contributed by atoms with E-state index in [-0.39, 0.29) is 0 Å². The largest absolute Gasteiger partial charge is 0.493 e. The maximum Gasteiger partial charge on any atom is 0.247 e. The Kier molecular flexibility index (Phi) is 8.74. The minimum Gasteiger partial charge on any atom is -0.493 e. The Balaban J connectivity index is 1.42. The van der Waals surface area contributed by atoms with Crippen LogP contribution in [0.1, 0.15) is 30.4 Å². The average Bonchev–Trinajstić information content (AvgIpc) is 3.23. The third kappa shape index (κ3) is 7.16. The lowest BCUT2D eigenvalue weighted by Gasteiger charge is -2.13. The van der Waals surface area contributed by atoms with E-state index in [1.165, 1.54) is 0 Å². The maximum absolute atomic E-state index is 10.3. The molecule has 6 nitrogen and oxygen atoms in total. The molecule has 0 aliphatic carbocycles. The van der Waals surface area contributed by atoms with E-state index in [4.69, 9.17) is 9.15 Å². The van der Waals surface area contributed by atoms with Gasteiger partial charge in [-0.2, -0.15) is 0 Å². The Morgan fingerprint density at radius 2 is 1.83 bits per heavy atom. The van der Waals surface area contributed by atoms with Crippen LogP contribution in [0.4, 0.5) is 0 Å². The van der Waals surface area contributed by atoms with E-state index in [0.717, 1.165) is 42.0 Å². The molecule has 1 heterocycles. The van der Waals surface area contributed by atoms with Crippen LogP contribution in [0.2, 0.25) is 0 Å². The van der Waals surface area contributed by atoms with Crippen molar-refractivity contribution in [2.75, 3.05) is 33.0 Å². The second kappa shape index (κ2) is 11.7. The van der Waals surface area contributed by atoms with E-state index in [0.29, 0.717) is 24.1 Å². The fourth-order valence-corrected chi connectivity index (χ4v) is 3.58. The zero-order valence-corrected chi connectivity index (χ0v) is 18.3. The predicted octanol–water partition coefficient (Wildman–Crippen LogP) is 4.42. The molecule has 0 aliphatic heterocycles. The summed E-state index contributed by atoms with van der Waals surface area (Å²) < 4.78 is 11.4. The Hall–Kier alpha value is -2.35. The van der Waals surface area contributed by atoms with Gasteiger partial charge >= 0.3 is 0 Å². The van der Waals surface area contributed by atoms with Crippen LogP contribution in [0.25, 0.3) is 11.5 Å². The summed E-state index contributed by atoms with van der Waals surface area (Å²) in [5.41, 5.74) is 1.77. The lowest BCUT2D eigenvalue weighted by Crippen LogP contribution is -2.13. The van der Waals surface area contributed by atoms with Crippen molar-refractivity contribution in [2.24, 2.45) is 0 Å². The summed E-state index contributed by atoms with van der Waals surface area (Å²) in [6.45, 7) is 1.60. The molecule has 30 heavy (non-hydrogen) atoms. The van der Waals surface area contributed by atoms with Gasteiger partial charge in [0.2, 0.25) is 11.8 Å². The van der Waals surface area contributed by atoms with E-state index in [2.05, 4.69) is 15.1 Å². The summed E-state index contributed by atoms with van der Waals surface area (Å²) in [5, 5.41) is 18.6. The summed E-state index contributed by atoms with van der Waals surface area (Å²) in [4.78, 5) is 2.12. The fourth-order valence-electron chi connectivity index (χ4n) is 2.94. The van der Waals surface area contributed by atoms with Crippen LogP contribution in [0.3, 0.4) is 0 Å². The van der Waals surface area contributed by atoms with E-state index >= 15 is 0 Å². The molecule has 0 aliphatic rings. The highest BCUT2D eigenvalue weighted by atomic mass is 32.2. The summed E-state index contributed by atoms with van der Waals surface area (Å²) in [7, 11) is 4.08. The number of nitrogens with zero attached hydrogens (tertiary/aromatic N) is 3. The van der Waals surface area contributed by atoms with Gasteiger partial charge in [-0.1, -0.05) is 30.3 Å². The first-order valence-electron chi connectivity index (χ1n) is 10.1. The molecular weight excluding hydrogens is 398 g/mol. The molecule has 1 aromatic heterocycles. The normalized spacial score (nSPS) is 12.3. The number of ether oxygens (including phenoxy) is 1. The van der Waals surface area contributed by atoms with E-state index in [1.807, 2.05) is 68.7 Å². The number of hydrogen-bond donors (Lipinski definition) is 1. The quantitative estimate of drug-likeness (QED) is 0.429. The molecule has 0 radical (unpaired) electrons. The molecule has 1 unspecified atom stereocenters. The van der Waals surface area contributed by atoms with E-state index in [1.54, 1.807) is 11.8 Å². The minimum absolute atomic E-state index is 0.452. The van der Waals surface area contributed by atoms with Crippen molar-refractivity contribution in [1.82, 2.24) is 15.1 Å². The molecule has 3 rings (SSSR count). The fraction of sp³-hybridized carbons (Fsp3) is 0.391. The van der Waals surface area contributed by atoms with Gasteiger partial charge in [-0.05, 0) is 63.3 Å². The standard InChI is InChI=1S/C23H29N3O3S/c1-26(2)14-6-9-21(27)18-10-12-19(13-11-18)23-25-24-22(29-23)17-30-16-15-28-20-7-4-3-5-8-20/h3-5,7-8,10-13,21,27H,6,9,14-17H2,1-2H3. The monoisotopic (exact) mass is 427 g/mol. The first-order valence-corrected chi connectivity index (χ1v) is 11.3. The number of para-hydroxylation sites is 1. The zero-order valence-electron chi connectivity index (χ0n) is 17.5. The molecule has 0 saturated heterocycles. The van der Waals surface area contributed by atoms with Gasteiger partial charge in [0, 0.05) is 11.3 Å². The smallest absolute Gasteiger partial charge is 0.247 e. The third-order valence-corrected chi connectivity index (χ3v) is 5.46. The van der Waals surface area contributed by atoms with Crippen LogP contribution in [0.5, 0.6) is 5.75 Å². The third-order valence-electron chi connectivity index (χ3n) is 4.56. The number of thioether (sulfide) groups is 1. The van der Waals surface area contributed by atoms with Crippen LogP contribution < -0.4 is 4.74 Å². The molecule has 0 fully saturated rings. The number of benzene rings is 2. The van der Waals surface area contributed by atoms with Gasteiger partial charge in [0.05, 0.1) is 18.5 Å². The van der Waals surface area contributed by atoms with Crippen LogP contribution >= 0.6 is 11.8 Å². The van der Waals surface area contributed by atoms with Crippen LogP contribution in [0, 0.1) is 0 Å². The van der Waals surface area contributed by atoms with Crippen molar-refractivity contribution >= 4 is 11.8 Å². The molecule has 0 spiro atoms. The molecule has 1 N–H and O–H groups in total. The van der Waals surface area contributed by atoms with Crippen molar-refractivity contribution in [3.8, 4) is 17.2 Å². The van der Waals surface area contributed by atoms with Crippen molar-refractivity contribution in [2.45, 2.75) is 24.7 Å². The molecule has 2 aromatic carbocycles. The predicted molar refractivity (Wildman–Crippen MR) is 121 cm³/mol. The van der Waals surface area contributed by atoms with Gasteiger partial charge in [0.25, 0.3) is 0 Å². The molecule has 7 heteroatoms. The maximum atomic E-state index is 10.3. The first kappa shape index (κ1) is 22.3. The molecule has 0 amide bonds. The van der Waals surface area contributed by atoms with Crippen LogP contribution in [0.15, 0.2) is 59.0 Å². The zero-order chi connectivity index (χ0) is 21.2. The second-order valence-electron chi connectivity index (χ2n) is 7.30. The topological polar surface area (TPSA) is 71.6 Å². The average molecular weight is 428 g/mol. The molecule has 1 atom stereocenters. The Morgan fingerprint density at radius 1 is 1.07 bits per heavy atom. The van der Waals surface area contributed by atoms with Crippen molar-refractivity contribution < 1.29 is 14.3 Å². The van der Waals surface area contributed by atoms with Crippen molar-refractivity contribution in [3.05, 3.63) is 66.1 Å². The lowest BCUT2D eigenvalue weighted by molar-refractivity contribution is 0.160. The van der Waals surface area contributed by atoms with Gasteiger partial charge in [-0.3, -0.25) is 0 Å². The van der Waals surface area contributed by atoms with E-state index < -0.39 is 6.10 Å². The number of aliphatic hydroxyl groups excluding tert-OH is 1. The van der Waals surface area contributed by atoms with Gasteiger partial charge in [0.1, 0.15) is 5.75 Å². The number of aliphatic hydroxyl groups is 1. The molecule has 3 aromatic rings. The summed E-state index contributed by atoms with van der Waals surface area (Å²) >= 11 is 1.69. The summed E-state index contributed by atoms with van der Waals surface area (Å²) in [6.07, 6.45) is 1.25. The first-order chi connectivity index (χ1) is 14.6. The number of aromatic nitrogens is 2. The molecular formula is C23H29N3O3S. The Bertz CT molecular complexity index is 869. The van der Waals surface area contributed by atoms with Gasteiger partial charge < -0.3 is 19.2 Å². The molecule has 0 bridgehead atoms. The van der Waals surface area contributed by atoms with Gasteiger partial charge in [-0.25, -0.2) is 0 Å². The van der Waals surface area contributed by atoms with Gasteiger partial charge in [-0.15, -0.1) is 22.0 Å². The minimum atomic E-state index is -0.452. The number of hydrogen-bond acceptors (Lipinski definition) is 7. The summed E-state index contributed by atoms with van der Waals surface area (Å²) in [5.74, 6) is 3.47. The van der Waals surface area contributed by atoms with Crippen molar-refractivity contribution in [3.63, 3.8) is 0 Å². The highest BCUT2D eigenvalue weighted by Crippen LogP contribution is 2.24. The van der Waals surface area contributed by atoms with Crippen LogP contribution in [-0.2, 0) is 5.75 Å². The van der Waals surface area contributed by atoms with Gasteiger partial charge in [0.15, 0.2) is 0 Å². The van der Waals surface area contributed by atoms with E-state index in [9.17, 15) is 5.11 Å².